The summed E-state index contributed by atoms with van der Waals surface area (Å²) >= 11 is 0. The van der Waals surface area contributed by atoms with E-state index in [9.17, 15) is 0 Å². The minimum Gasteiger partial charge on any atom is -0.309 e. The van der Waals surface area contributed by atoms with Gasteiger partial charge in [-0.1, -0.05) is 196 Å². The van der Waals surface area contributed by atoms with Crippen molar-refractivity contribution in [2.24, 2.45) is 0 Å². The maximum absolute atomic E-state index is 2.59. The molecule has 0 amide bonds. The zero-order valence-corrected chi connectivity index (χ0v) is 40.5. The third-order valence-corrected chi connectivity index (χ3v) is 16.9. The van der Waals surface area contributed by atoms with Crippen LogP contribution in [0.1, 0.15) is 47.2 Å². The van der Waals surface area contributed by atoms with Gasteiger partial charge in [0, 0.05) is 49.6 Å². The lowest BCUT2D eigenvalue weighted by atomic mass is 9.70. The van der Waals surface area contributed by atoms with Crippen LogP contribution in [0.3, 0.4) is 0 Å². The average molecular weight is 930 g/mol. The summed E-state index contributed by atoms with van der Waals surface area (Å²) in [4.78, 5) is 2.59. The van der Waals surface area contributed by atoms with Crippen molar-refractivity contribution in [1.29, 1.82) is 0 Å². The average Bonchev–Trinajstić information content (AvgIpc) is 4.20. The highest BCUT2D eigenvalue weighted by Gasteiger charge is 2.52. The molecule has 0 saturated heterocycles. The van der Waals surface area contributed by atoms with Crippen molar-refractivity contribution in [3.05, 3.63) is 282 Å². The molecule has 13 aromatic rings. The largest absolute Gasteiger partial charge is 0.309 e. The monoisotopic (exact) mass is 929 g/mol. The Hall–Kier alpha value is -9.18. The fourth-order valence-electron chi connectivity index (χ4n) is 14.0. The van der Waals surface area contributed by atoms with Crippen molar-refractivity contribution in [3.8, 4) is 44.8 Å². The van der Waals surface area contributed by atoms with E-state index in [0.29, 0.717) is 0 Å². The maximum Gasteiger partial charge on any atom is 0.0726 e. The lowest BCUT2D eigenvalue weighted by molar-refractivity contribution is 0.660. The number of benzene rings is 11. The molecule has 1 spiro atoms. The van der Waals surface area contributed by atoms with Crippen LogP contribution in [0, 0.1) is 0 Å². The number of para-hydroxylation sites is 3. The fraction of sp³-hybridized carbons (Fsp3) is 0.0571. The van der Waals surface area contributed by atoms with E-state index in [1.165, 1.54) is 105 Å². The molecule has 0 bridgehead atoms. The topological polar surface area (TPSA) is 13.1 Å². The predicted octanol–water partition coefficient (Wildman–Crippen LogP) is 18.0. The van der Waals surface area contributed by atoms with Gasteiger partial charge in [0.2, 0.25) is 0 Å². The minimum atomic E-state index is -0.493. The van der Waals surface area contributed by atoms with Gasteiger partial charge in [0.15, 0.2) is 0 Å². The Morgan fingerprint density at radius 1 is 0.315 bits per heavy atom. The second-order valence-corrected chi connectivity index (χ2v) is 20.7. The van der Waals surface area contributed by atoms with E-state index in [2.05, 4.69) is 277 Å². The molecule has 0 atom stereocenters. The Balaban J connectivity index is 1.01. The zero-order valence-electron chi connectivity index (χ0n) is 40.5. The highest BCUT2D eigenvalue weighted by atomic mass is 15.2. The number of aromatic nitrogens is 2. The lowest BCUT2D eigenvalue weighted by Gasteiger charge is -2.32. The van der Waals surface area contributed by atoms with Gasteiger partial charge in [-0.05, 0) is 128 Å². The van der Waals surface area contributed by atoms with Crippen LogP contribution in [-0.4, -0.2) is 9.13 Å². The van der Waals surface area contributed by atoms with Crippen LogP contribution in [0.2, 0.25) is 0 Å². The third-order valence-electron chi connectivity index (χ3n) is 16.9. The van der Waals surface area contributed by atoms with Crippen LogP contribution in [0.5, 0.6) is 0 Å². The molecule has 0 saturated carbocycles. The Labute approximate surface area is 424 Å². The van der Waals surface area contributed by atoms with Gasteiger partial charge in [0.25, 0.3) is 0 Å². The number of rotatable bonds is 5. The van der Waals surface area contributed by atoms with Crippen LogP contribution in [-0.2, 0) is 10.8 Å². The molecule has 0 N–H and O–H groups in total. The van der Waals surface area contributed by atoms with Gasteiger partial charge in [0.05, 0.1) is 38.9 Å². The first kappa shape index (κ1) is 40.5. The molecular formula is C70H47N3. The molecule has 342 valence electrons. The number of nitrogens with zero attached hydrogens (tertiary/aromatic N) is 3. The molecule has 11 aromatic carbocycles. The van der Waals surface area contributed by atoms with Crippen LogP contribution in [0.4, 0.5) is 17.1 Å². The van der Waals surface area contributed by atoms with Crippen LogP contribution >= 0.6 is 0 Å². The summed E-state index contributed by atoms with van der Waals surface area (Å²) in [5.41, 5.74) is 25.6. The van der Waals surface area contributed by atoms with Gasteiger partial charge < -0.3 is 14.0 Å². The van der Waals surface area contributed by atoms with E-state index in [-0.39, 0.29) is 5.41 Å². The van der Waals surface area contributed by atoms with E-state index in [1.54, 1.807) is 0 Å². The van der Waals surface area contributed by atoms with E-state index >= 15 is 0 Å². The predicted molar refractivity (Wildman–Crippen MR) is 304 cm³/mol. The van der Waals surface area contributed by atoms with Crippen molar-refractivity contribution in [2.45, 2.75) is 24.7 Å². The first-order valence-electron chi connectivity index (χ1n) is 25.6. The molecule has 16 rings (SSSR count). The van der Waals surface area contributed by atoms with Gasteiger partial charge in [-0.2, -0.15) is 0 Å². The molecule has 3 nitrogen and oxygen atoms in total. The van der Waals surface area contributed by atoms with Crippen LogP contribution in [0.25, 0.3) is 88.4 Å². The first-order chi connectivity index (χ1) is 36.0. The van der Waals surface area contributed by atoms with Crippen LogP contribution < -0.4 is 4.90 Å². The van der Waals surface area contributed by atoms with Crippen molar-refractivity contribution in [3.63, 3.8) is 0 Å². The highest BCUT2D eigenvalue weighted by molar-refractivity contribution is 6.18. The molecule has 0 unspecified atom stereocenters. The normalized spacial score (nSPS) is 14.1. The number of hydrogen-bond donors (Lipinski definition) is 0. The standard InChI is InChI=1S/C70H47N3/c1-69(2)55-28-12-6-22-47(55)50-40-38-45(42-60(50)69)72-61-33-16-10-25-51(61)52-41-39-46(43-66(52)72)73(65-37-19-36-64-68(65)54-27-11-17-34-62(54)71(64)44-20-4-3-5-21-44)63-35-18-32-59-67(63)53-26-9-15-31-58(53)70(59)56-29-13-7-23-48(56)49-24-8-14-30-57(49)70/h3-43H,1-2H3. The van der Waals surface area contributed by atoms with Crippen molar-refractivity contribution in [1.82, 2.24) is 9.13 Å². The Morgan fingerprint density at radius 2 is 0.822 bits per heavy atom. The molecule has 0 fully saturated rings. The quantitative estimate of drug-likeness (QED) is 0.168. The van der Waals surface area contributed by atoms with Crippen molar-refractivity contribution < 1.29 is 0 Å². The second-order valence-electron chi connectivity index (χ2n) is 20.7. The molecule has 3 aliphatic rings. The Morgan fingerprint density at radius 3 is 1.56 bits per heavy atom. The molecular weight excluding hydrogens is 883 g/mol. The summed E-state index contributed by atoms with van der Waals surface area (Å²) in [6, 6.07) is 93.4. The third kappa shape index (κ3) is 5.23. The molecule has 0 aliphatic heterocycles. The van der Waals surface area contributed by atoms with E-state index < -0.39 is 5.41 Å². The molecule has 3 aliphatic carbocycles. The summed E-state index contributed by atoms with van der Waals surface area (Å²) in [5.74, 6) is 0. The van der Waals surface area contributed by atoms with Gasteiger partial charge in [-0.25, -0.2) is 0 Å². The molecule has 2 heterocycles. The summed E-state index contributed by atoms with van der Waals surface area (Å²) in [7, 11) is 0. The van der Waals surface area contributed by atoms with Gasteiger partial charge >= 0.3 is 0 Å². The molecule has 0 radical (unpaired) electrons. The van der Waals surface area contributed by atoms with E-state index in [0.717, 1.165) is 34.0 Å². The molecule has 3 heteroatoms. The molecule has 2 aromatic heterocycles. The summed E-state index contributed by atoms with van der Waals surface area (Å²) in [6.07, 6.45) is 0. The summed E-state index contributed by atoms with van der Waals surface area (Å²) in [6.45, 7) is 4.75. The fourth-order valence-corrected chi connectivity index (χ4v) is 14.0. The van der Waals surface area contributed by atoms with Crippen LogP contribution in [0.15, 0.2) is 249 Å². The summed E-state index contributed by atoms with van der Waals surface area (Å²) < 4.78 is 4.95. The second kappa shape index (κ2) is 14.7. The van der Waals surface area contributed by atoms with Crippen molar-refractivity contribution in [2.75, 3.05) is 4.90 Å². The number of anilines is 3. The minimum absolute atomic E-state index is 0.137. The van der Waals surface area contributed by atoms with E-state index in [1.807, 2.05) is 0 Å². The summed E-state index contributed by atoms with van der Waals surface area (Å²) in [5, 5.41) is 4.88. The van der Waals surface area contributed by atoms with Crippen molar-refractivity contribution >= 4 is 60.7 Å². The SMILES string of the molecule is CC1(C)c2ccccc2-c2ccc(-n3c4ccccc4c4ccc(N(c5cccc6c5-c5ccccc5C65c6ccccc6-c6ccccc65)c5cccc6c5c5ccccc5n6-c5ccccc5)cc43)cc21. The van der Waals surface area contributed by atoms with Gasteiger partial charge in [-0.3, -0.25) is 0 Å². The lowest BCUT2D eigenvalue weighted by Crippen LogP contribution is -2.26. The molecule has 73 heavy (non-hydrogen) atoms. The van der Waals surface area contributed by atoms with Gasteiger partial charge in [-0.15, -0.1) is 0 Å². The zero-order chi connectivity index (χ0) is 48.2. The Kier molecular flexibility index (Phi) is 8.16. The van der Waals surface area contributed by atoms with Gasteiger partial charge in [0.1, 0.15) is 0 Å². The number of hydrogen-bond acceptors (Lipinski definition) is 1. The highest BCUT2D eigenvalue weighted by Crippen LogP contribution is 2.65. The Bertz CT molecular complexity index is 4440. The maximum atomic E-state index is 2.59. The smallest absolute Gasteiger partial charge is 0.0726 e. The number of fused-ring (bicyclic) bond motifs is 19. The van der Waals surface area contributed by atoms with E-state index in [4.69, 9.17) is 0 Å². The first-order valence-corrected chi connectivity index (χ1v) is 25.6.